The lowest BCUT2D eigenvalue weighted by Crippen LogP contribution is -2.33. The molecule has 0 radical (unpaired) electrons. The van der Waals surface area contributed by atoms with E-state index in [4.69, 9.17) is 10.2 Å². The van der Waals surface area contributed by atoms with Crippen LogP contribution in [0.25, 0.3) is 11.1 Å². The summed E-state index contributed by atoms with van der Waals surface area (Å²) in [4.78, 5) is 6.78. The zero-order valence-electron chi connectivity index (χ0n) is 11.4. The molecule has 0 amide bonds. The Morgan fingerprint density at radius 3 is 2.84 bits per heavy atom. The molecule has 4 nitrogen and oxygen atoms in total. The molecular formula is C15H21N3O. The molecule has 0 bridgehead atoms. The first kappa shape index (κ1) is 12.3. The first-order valence-corrected chi connectivity index (χ1v) is 7.18. The zero-order chi connectivity index (χ0) is 13.2. The highest BCUT2D eigenvalue weighted by Gasteiger charge is 2.22. The molecule has 3 rings (SSSR count). The molecule has 1 aliphatic heterocycles. The van der Waals surface area contributed by atoms with Gasteiger partial charge in [0.15, 0.2) is 5.58 Å². The highest BCUT2D eigenvalue weighted by Crippen LogP contribution is 2.29. The van der Waals surface area contributed by atoms with Gasteiger partial charge in [0.2, 0.25) is 0 Å². The van der Waals surface area contributed by atoms with Crippen LogP contribution in [0.2, 0.25) is 0 Å². The molecule has 1 aromatic carbocycles. The Bertz CT molecular complexity index is 556. The van der Waals surface area contributed by atoms with E-state index in [2.05, 4.69) is 16.8 Å². The Morgan fingerprint density at radius 1 is 1.37 bits per heavy atom. The van der Waals surface area contributed by atoms with Crippen LogP contribution in [0.3, 0.4) is 0 Å². The molecule has 2 aromatic rings. The van der Waals surface area contributed by atoms with Gasteiger partial charge in [-0.1, -0.05) is 25.8 Å². The van der Waals surface area contributed by atoms with E-state index in [1.807, 2.05) is 18.2 Å². The Balaban J connectivity index is 1.77. The predicted molar refractivity (Wildman–Crippen MR) is 78.3 cm³/mol. The van der Waals surface area contributed by atoms with Gasteiger partial charge < -0.3 is 15.1 Å². The Hall–Kier alpha value is -1.71. The molecule has 102 valence electrons. The van der Waals surface area contributed by atoms with Crippen molar-refractivity contribution >= 4 is 22.8 Å². The number of oxazole rings is 1. The number of nitrogen functional groups attached to an aromatic ring is 1. The summed E-state index contributed by atoms with van der Waals surface area (Å²) in [5, 5.41) is 0. The van der Waals surface area contributed by atoms with Gasteiger partial charge in [0, 0.05) is 13.1 Å². The molecule has 0 aliphatic carbocycles. The van der Waals surface area contributed by atoms with E-state index in [-0.39, 0.29) is 0 Å². The third-order valence-corrected chi connectivity index (χ3v) is 4.02. The number of benzene rings is 1. The van der Waals surface area contributed by atoms with Crippen molar-refractivity contribution in [1.82, 2.24) is 4.98 Å². The van der Waals surface area contributed by atoms with Gasteiger partial charge in [-0.25, -0.2) is 0 Å². The average molecular weight is 259 g/mol. The van der Waals surface area contributed by atoms with Gasteiger partial charge in [-0.15, -0.1) is 0 Å². The molecule has 1 aliphatic rings. The SMILES string of the molecule is CCCC1CCN(c2nc3c(N)cccc3o2)CC1. The van der Waals surface area contributed by atoms with Crippen molar-refractivity contribution in [3.63, 3.8) is 0 Å². The van der Waals surface area contributed by atoms with Gasteiger partial charge >= 0.3 is 0 Å². The number of para-hydroxylation sites is 1. The lowest BCUT2D eigenvalue weighted by atomic mass is 9.93. The maximum Gasteiger partial charge on any atom is 0.298 e. The molecule has 4 heteroatoms. The van der Waals surface area contributed by atoms with Crippen molar-refractivity contribution in [2.75, 3.05) is 23.7 Å². The average Bonchev–Trinajstić information content (AvgIpc) is 2.85. The van der Waals surface area contributed by atoms with E-state index >= 15 is 0 Å². The molecule has 0 atom stereocenters. The monoisotopic (exact) mass is 259 g/mol. The number of hydrogen-bond donors (Lipinski definition) is 1. The van der Waals surface area contributed by atoms with Crippen LogP contribution in [0.15, 0.2) is 22.6 Å². The fraction of sp³-hybridized carbons (Fsp3) is 0.533. The van der Waals surface area contributed by atoms with Gasteiger partial charge in [0.05, 0.1) is 5.69 Å². The largest absolute Gasteiger partial charge is 0.423 e. The molecule has 2 N–H and O–H groups in total. The maximum atomic E-state index is 5.92. The Morgan fingerprint density at radius 2 is 2.16 bits per heavy atom. The number of nitrogens with zero attached hydrogens (tertiary/aromatic N) is 2. The summed E-state index contributed by atoms with van der Waals surface area (Å²) in [6.07, 6.45) is 5.10. The van der Waals surface area contributed by atoms with Crippen LogP contribution in [-0.4, -0.2) is 18.1 Å². The number of nitrogens with two attached hydrogens (primary N) is 1. The number of rotatable bonds is 3. The van der Waals surface area contributed by atoms with E-state index in [0.717, 1.165) is 36.1 Å². The maximum absolute atomic E-state index is 5.92. The fourth-order valence-corrected chi connectivity index (χ4v) is 2.91. The standard InChI is InChI=1S/C15H21N3O/c1-2-4-11-7-9-18(10-8-11)15-17-14-12(16)5-3-6-13(14)19-15/h3,5-6,11H,2,4,7-10,16H2,1H3. The quantitative estimate of drug-likeness (QED) is 0.858. The summed E-state index contributed by atoms with van der Waals surface area (Å²) < 4.78 is 5.82. The lowest BCUT2D eigenvalue weighted by Gasteiger charge is -2.30. The highest BCUT2D eigenvalue weighted by molar-refractivity contribution is 5.86. The lowest BCUT2D eigenvalue weighted by molar-refractivity contribution is 0.367. The Labute approximate surface area is 113 Å². The van der Waals surface area contributed by atoms with E-state index < -0.39 is 0 Å². The van der Waals surface area contributed by atoms with Crippen LogP contribution in [0, 0.1) is 5.92 Å². The molecule has 1 fully saturated rings. The number of aromatic nitrogens is 1. The summed E-state index contributed by atoms with van der Waals surface area (Å²) in [6, 6.07) is 6.41. The molecule has 0 spiro atoms. The van der Waals surface area contributed by atoms with Gasteiger partial charge in [-0.3, -0.25) is 0 Å². The van der Waals surface area contributed by atoms with Crippen molar-refractivity contribution in [2.24, 2.45) is 5.92 Å². The second-order valence-corrected chi connectivity index (χ2v) is 5.41. The minimum atomic E-state index is 0.688. The summed E-state index contributed by atoms with van der Waals surface area (Å²) >= 11 is 0. The first-order valence-electron chi connectivity index (χ1n) is 7.18. The summed E-state index contributed by atoms with van der Waals surface area (Å²) in [6.45, 7) is 4.34. The third-order valence-electron chi connectivity index (χ3n) is 4.02. The molecule has 19 heavy (non-hydrogen) atoms. The van der Waals surface area contributed by atoms with Crippen molar-refractivity contribution in [2.45, 2.75) is 32.6 Å². The fourth-order valence-electron chi connectivity index (χ4n) is 2.91. The first-order chi connectivity index (χ1) is 9.28. The molecule has 1 aromatic heterocycles. The zero-order valence-corrected chi connectivity index (χ0v) is 11.4. The van der Waals surface area contributed by atoms with Gasteiger partial charge in [0.25, 0.3) is 6.01 Å². The minimum absolute atomic E-state index is 0.688. The van der Waals surface area contributed by atoms with Crippen LogP contribution in [0.4, 0.5) is 11.7 Å². The number of hydrogen-bond acceptors (Lipinski definition) is 4. The second-order valence-electron chi connectivity index (χ2n) is 5.41. The normalized spacial score (nSPS) is 17.2. The number of fused-ring (bicyclic) bond motifs is 1. The summed E-state index contributed by atoms with van der Waals surface area (Å²) in [5.74, 6) is 0.871. The van der Waals surface area contributed by atoms with Crippen LogP contribution >= 0.6 is 0 Å². The smallest absolute Gasteiger partial charge is 0.298 e. The van der Waals surface area contributed by atoms with Crippen LogP contribution in [0.1, 0.15) is 32.6 Å². The van der Waals surface area contributed by atoms with Crippen molar-refractivity contribution in [1.29, 1.82) is 0 Å². The number of piperidine rings is 1. The molecule has 0 saturated carbocycles. The van der Waals surface area contributed by atoms with Crippen LogP contribution in [0.5, 0.6) is 0 Å². The van der Waals surface area contributed by atoms with Crippen LogP contribution < -0.4 is 10.6 Å². The van der Waals surface area contributed by atoms with Crippen molar-refractivity contribution < 1.29 is 4.42 Å². The minimum Gasteiger partial charge on any atom is -0.423 e. The molecule has 2 heterocycles. The molecular weight excluding hydrogens is 238 g/mol. The predicted octanol–water partition coefficient (Wildman–Crippen LogP) is 3.43. The number of anilines is 2. The van der Waals surface area contributed by atoms with Gasteiger partial charge in [-0.2, -0.15) is 4.98 Å². The van der Waals surface area contributed by atoms with E-state index in [1.165, 1.54) is 25.7 Å². The second kappa shape index (κ2) is 5.11. The van der Waals surface area contributed by atoms with Crippen LogP contribution in [-0.2, 0) is 0 Å². The third kappa shape index (κ3) is 2.39. The summed E-state index contributed by atoms with van der Waals surface area (Å²) in [7, 11) is 0. The van der Waals surface area contributed by atoms with Crippen molar-refractivity contribution in [3.05, 3.63) is 18.2 Å². The van der Waals surface area contributed by atoms with Gasteiger partial charge in [0.1, 0.15) is 5.52 Å². The van der Waals surface area contributed by atoms with Crippen molar-refractivity contribution in [3.8, 4) is 0 Å². The Kier molecular flexibility index (Phi) is 3.32. The van der Waals surface area contributed by atoms with E-state index in [9.17, 15) is 0 Å². The van der Waals surface area contributed by atoms with Gasteiger partial charge in [-0.05, 0) is 30.9 Å². The molecule has 1 saturated heterocycles. The van der Waals surface area contributed by atoms with E-state index in [0.29, 0.717) is 5.69 Å². The van der Waals surface area contributed by atoms with E-state index in [1.54, 1.807) is 0 Å². The molecule has 0 unspecified atom stereocenters. The highest BCUT2D eigenvalue weighted by atomic mass is 16.4. The topological polar surface area (TPSA) is 55.3 Å². The summed E-state index contributed by atoms with van der Waals surface area (Å²) in [5.41, 5.74) is 8.18.